The van der Waals surface area contributed by atoms with E-state index < -0.39 is 7.60 Å². The van der Waals surface area contributed by atoms with Gasteiger partial charge in [-0.1, -0.05) is 102 Å². The van der Waals surface area contributed by atoms with E-state index >= 15 is 0 Å². The van der Waals surface area contributed by atoms with Crippen molar-refractivity contribution in [3.05, 3.63) is 0 Å². The molecule has 34 heavy (non-hydrogen) atoms. The molecule has 0 fully saturated rings. The Kier molecular flexibility index (Phi) is 23.9. The summed E-state index contributed by atoms with van der Waals surface area (Å²) in [6, 6.07) is 0. The summed E-state index contributed by atoms with van der Waals surface area (Å²) in [7, 11) is -3.95. The lowest BCUT2D eigenvalue weighted by molar-refractivity contribution is -0.121. The molecular weight excluding hydrogens is 445 g/mol. The van der Waals surface area contributed by atoms with Crippen molar-refractivity contribution in [3.8, 4) is 23.7 Å². The highest BCUT2D eigenvalue weighted by Crippen LogP contribution is 2.34. The van der Waals surface area contributed by atoms with Crippen LogP contribution in [0.5, 0.6) is 0 Å². The van der Waals surface area contributed by atoms with Crippen LogP contribution in [-0.2, 0) is 9.36 Å². The maximum atomic E-state index is 11.6. The molecule has 0 heterocycles. The van der Waals surface area contributed by atoms with E-state index in [1.165, 1.54) is 64.2 Å². The first-order chi connectivity index (χ1) is 16.5. The molecule has 0 aromatic heterocycles. The summed E-state index contributed by atoms with van der Waals surface area (Å²) in [6.07, 6.45) is 22.5. The van der Waals surface area contributed by atoms with Crippen molar-refractivity contribution in [1.82, 2.24) is 5.32 Å². The summed E-state index contributed by atoms with van der Waals surface area (Å²) in [4.78, 5) is 29.2. The molecule has 0 rings (SSSR count). The summed E-state index contributed by atoms with van der Waals surface area (Å²) >= 11 is 0. The third-order valence-corrected chi connectivity index (χ3v) is 6.70. The highest BCUT2D eigenvalue weighted by Gasteiger charge is 2.11. The van der Waals surface area contributed by atoms with Crippen molar-refractivity contribution in [2.45, 2.75) is 135 Å². The topological polar surface area (TPSA) is 86.6 Å². The SMILES string of the molecule is CCCCCCCCCCCCC#CC#CCCCCCCCCC(=O)NCCCP(=O)(O)O. The van der Waals surface area contributed by atoms with Crippen molar-refractivity contribution in [2.75, 3.05) is 12.7 Å². The van der Waals surface area contributed by atoms with Crippen molar-refractivity contribution >= 4 is 13.5 Å². The van der Waals surface area contributed by atoms with E-state index in [0.29, 0.717) is 19.4 Å². The number of carbonyl (C=O) groups excluding carboxylic acids is 1. The van der Waals surface area contributed by atoms with Crippen LogP contribution in [0.2, 0.25) is 0 Å². The van der Waals surface area contributed by atoms with Gasteiger partial charge in [0.25, 0.3) is 0 Å². The zero-order valence-corrected chi connectivity index (χ0v) is 22.6. The first kappa shape index (κ1) is 32.7. The Labute approximate surface area is 209 Å². The largest absolute Gasteiger partial charge is 0.356 e. The van der Waals surface area contributed by atoms with Crippen LogP contribution in [0.4, 0.5) is 0 Å². The highest BCUT2D eigenvalue weighted by molar-refractivity contribution is 7.51. The lowest BCUT2D eigenvalue weighted by atomic mass is 10.1. The number of nitrogens with one attached hydrogen (secondary N) is 1. The summed E-state index contributed by atoms with van der Waals surface area (Å²) in [6.45, 7) is 2.59. The Morgan fingerprint density at radius 1 is 0.676 bits per heavy atom. The van der Waals surface area contributed by atoms with E-state index in [-0.39, 0.29) is 12.1 Å². The minimum atomic E-state index is -3.95. The maximum Gasteiger partial charge on any atom is 0.325 e. The van der Waals surface area contributed by atoms with Crippen molar-refractivity contribution in [3.63, 3.8) is 0 Å². The fraction of sp³-hybridized carbons (Fsp3) is 0.821. The summed E-state index contributed by atoms with van der Waals surface area (Å²) < 4.78 is 10.7. The van der Waals surface area contributed by atoms with Gasteiger partial charge in [-0.15, -0.1) is 0 Å². The monoisotopic (exact) mass is 495 g/mol. The van der Waals surface area contributed by atoms with Crippen LogP contribution in [0, 0.1) is 23.7 Å². The van der Waals surface area contributed by atoms with Gasteiger partial charge in [0.05, 0.1) is 6.16 Å². The number of unbranched alkanes of at least 4 members (excludes halogenated alkanes) is 16. The number of hydrogen-bond acceptors (Lipinski definition) is 2. The van der Waals surface area contributed by atoms with Gasteiger partial charge in [-0.05, 0) is 37.5 Å². The van der Waals surface area contributed by atoms with Gasteiger partial charge in [0, 0.05) is 25.8 Å². The van der Waals surface area contributed by atoms with Gasteiger partial charge >= 0.3 is 7.60 Å². The third kappa shape index (κ3) is 28.8. The van der Waals surface area contributed by atoms with E-state index in [1.807, 2.05) is 0 Å². The second-order valence-electron chi connectivity index (χ2n) is 9.25. The molecule has 0 saturated heterocycles. The van der Waals surface area contributed by atoms with Crippen molar-refractivity contribution in [2.24, 2.45) is 0 Å². The fourth-order valence-electron chi connectivity index (χ4n) is 3.72. The standard InChI is InChI=1S/C28H50NO4P/c1-2-3-4-5-6-7-8-9-10-11-12-13-14-15-16-17-18-19-20-21-22-23-25-28(30)29-26-24-27-34(31,32)33/h2-12,17-27H2,1H3,(H,29,30)(H2,31,32,33). The quantitative estimate of drug-likeness (QED) is 0.0848. The van der Waals surface area contributed by atoms with Gasteiger partial charge in [-0.3, -0.25) is 9.36 Å². The molecule has 0 spiro atoms. The normalized spacial score (nSPS) is 10.8. The van der Waals surface area contributed by atoms with Gasteiger partial charge in [-0.2, -0.15) is 0 Å². The smallest absolute Gasteiger partial charge is 0.325 e. The van der Waals surface area contributed by atoms with Gasteiger partial charge in [0.2, 0.25) is 5.91 Å². The van der Waals surface area contributed by atoms with Crippen molar-refractivity contribution < 1.29 is 19.1 Å². The fourth-order valence-corrected chi connectivity index (χ4v) is 4.29. The Balaban J connectivity index is 3.35. The molecule has 6 heteroatoms. The number of rotatable bonds is 22. The molecule has 3 N–H and O–H groups in total. The van der Waals surface area contributed by atoms with Crippen LogP contribution in [-0.4, -0.2) is 28.4 Å². The second-order valence-corrected chi connectivity index (χ2v) is 11.0. The predicted octanol–water partition coefficient (Wildman–Crippen LogP) is 7.11. The van der Waals surface area contributed by atoms with E-state index in [1.54, 1.807) is 0 Å². The molecule has 0 aliphatic heterocycles. The first-order valence-electron chi connectivity index (χ1n) is 13.7. The molecule has 0 saturated carbocycles. The molecule has 0 bridgehead atoms. The third-order valence-electron chi connectivity index (χ3n) is 5.80. The van der Waals surface area contributed by atoms with Gasteiger partial charge in [0.1, 0.15) is 0 Å². The molecule has 0 aliphatic carbocycles. The molecule has 0 aromatic carbocycles. The number of hydrogen-bond donors (Lipinski definition) is 3. The minimum Gasteiger partial charge on any atom is -0.356 e. The zero-order valence-electron chi connectivity index (χ0n) is 21.7. The summed E-state index contributed by atoms with van der Waals surface area (Å²) in [5.41, 5.74) is 0. The van der Waals surface area contributed by atoms with Gasteiger partial charge < -0.3 is 15.1 Å². The molecule has 1 amide bonds. The second kappa shape index (κ2) is 24.9. The van der Waals surface area contributed by atoms with Gasteiger partial charge in [-0.25, -0.2) is 0 Å². The average molecular weight is 496 g/mol. The van der Waals surface area contributed by atoms with Crippen LogP contribution in [0.25, 0.3) is 0 Å². The number of carbonyl (C=O) groups is 1. The minimum absolute atomic E-state index is 0.0322. The maximum absolute atomic E-state index is 11.6. The average Bonchev–Trinajstić information content (AvgIpc) is 2.79. The molecule has 5 nitrogen and oxygen atoms in total. The van der Waals surface area contributed by atoms with Crippen LogP contribution >= 0.6 is 7.60 Å². The van der Waals surface area contributed by atoms with E-state index in [4.69, 9.17) is 9.79 Å². The summed E-state index contributed by atoms with van der Waals surface area (Å²) in [5, 5.41) is 2.71. The highest BCUT2D eigenvalue weighted by atomic mass is 31.2. The molecular formula is C28H50NO4P. The predicted molar refractivity (Wildman–Crippen MR) is 143 cm³/mol. The van der Waals surface area contributed by atoms with Crippen LogP contribution in [0.15, 0.2) is 0 Å². The van der Waals surface area contributed by atoms with E-state index in [9.17, 15) is 9.36 Å². The Morgan fingerprint density at radius 2 is 1.12 bits per heavy atom. The summed E-state index contributed by atoms with van der Waals surface area (Å²) in [5.74, 6) is 12.3. The Hall–Kier alpha value is -1.26. The molecule has 0 aromatic rings. The molecule has 0 atom stereocenters. The lowest BCUT2D eigenvalue weighted by Crippen LogP contribution is -2.24. The Bertz CT molecular complexity index is 651. The Morgan fingerprint density at radius 3 is 1.59 bits per heavy atom. The van der Waals surface area contributed by atoms with Crippen LogP contribution in [0.3, 0.4) is 0 Å². The number of amides is 1. The molecule has 0 aliphatic rings. The van der Waals surface area contributed by atoms with Crippen LogP contribution in [0.1, 0.15) is 135 Å². The van der Waals surface area contributed by atoms with E-state index in [0.717, 1.165) is 51.4 Å². The van der Waals surface area contributed by atoms with Crippen molar-refractivity contribution in [1.29, 1.82) is 0 Å². The first-order valence-corrected chi connectivity index (χ1v) is 15.5. The molecule has 196 valence electrons. The van der Waals surface area contributed by atoms with Gasteiger partial charge in [0.15, 0.2) is 0 Å². The molecule has 0 radical (unpaired) electrons. The van der Waals surface area contributed by atoms with Crippen LogP contribution < -0.4 is 5.32 Å². The lowest BCUT2D eigenvalue weighted by Gasteiger charge is -2.06. The van der Waals surface area contributed by atoms with E-state index in [2.05, 4.69) is 35.9 Å². The zero-order chi connectivity index (χ0) is 25.2. The molecule has 0 unspecified atom stereocenters.